The minimum absolute atomic E-state index is 0.00189. The van der Waals surface area contributed by atoms with Crippen LogP contribution in [-0.4, -0.2) is 23.0 Å². The Morgan fingerprint density at radius 2 is 1.62 bits per heavy atom. The highest BCUT2D eigenvalue weighted by Crippen LogP contribution is 2.22. The van der Waals surface area contributed by atoms with Gasteiger partial charge in [-0.05, 0) is 53.6 Å². The van der Waals surface area contributed by atoms with Crippen LogP contribution < -0.4 is 5.32 Å². The molecule has 2 aromatic carbocycles. The van der Waals surface area contributed by atoms with E-state index in [1.54, 1.807) is 12.1 Å². The average Bonchev–Trinajstić information content (AvgIpc) is 2.56. The Morgan fingerprint density at radius 1 is 1.00 bits per heavy atom. The Labute approximate surface area is 155 Å². The number of hydrogen-bond acceptors (Lipinski definition) is 2. The molecule has 0 unspecified atom stereocenters. The van der Waals surface area contributed by atoms with Crippen molar-refractivity contribution in [3.05, 3.63) is 70.3 Å². The zero-order chi connectivity index (χ0) is 19.5. The third-order valence-electron chi connectivity index (χ3n) is 4.63. The van der Waals surface area contributed by atoms with E-state index < -0.39 is 12.0 Å². The molecule has 0 bridgehead atoms. The van der Waals surface area contributed by atoms with E-state index in [2.05, 4.69) is 26.1 Å². The van der Waals surface area contributed by atoms with Gasteiger partial charge < -0.3 is 10.4 Å². The number of carbonyl (C=O) groups is 2. The average molecular weight is 353 g/mol. The van der Waals surface area contributed by atoms with Gasteiger partial charge in [-0.1, -0.05) is 51.1 Å². The number of hydrogen-bond donors (Lipinski definition) is 2. The largest absolute Gasteiger partial charge is 0.480 e. The second-order valence-electron chi connectivity index (χ2n) is 7.81. The first-order valence-electron chi connectivity index (χ1n) is 8.78. The Morgan fingerprint density at radius 3 is 2.12 bits per heavy atom. The van der Waals surface area contributed by atoms with Gasteiger partial charge in [-0.25, -0.2) is 4.79 Å². The summed E-state index contributed by atoms with van der Waals surface area (Å²) >= 11 is 0. The number of amides is 1. The molecule has 0 aliphatic heterocycles. The van der Waals surface area contributed by atoms with E-state index in [0.717, 1.165) is 22.3 Å². The van der Waals surface area contributed by atoms with Crippen LogP contribution in [0.4, 0.5) is 0 Å². The molecule has 26 heavy (non-hydrogen) atoms. The highest BCUT2D eigenvalue weighted by Gasteiger charge is 2.22. The zero-order valence-corrected chi connectivity index (χ0v) is 16.1. The smallest absolute Gasteiger partial charge is 0.326 e. The quantitative estimate of drug-likeness (QED) is 0.853. The molecule has 4 nitrogen and oxygen atoms in total. The van der Waals surface area contributed by atoms with Gasteiger partial charge in [-0.2, -0.15) is 0 Å². The molecule has 138 valence electrons. The molecule has 0 aliphatic rings. The van der Waals surface area contributed by atoms with Gasteiger partial charge in [0.25, 0.3) is 5.91 Å². The molecule has 0 saturated heterocycles. The fourth-order valence-corrected chi connectivity index (χ4v) is 2.73. The fourth-order valence-electron chi connectivity index (χ4n) is 2.73. The monoisotopic (exact) mass is 353 g/mol. The minimum atomic E-state index is -1.04. The number of carbonyl (C=O) groups excluding carboxylic acids is 1. The Bertz CT molecular complexity index is 801. The van der Waals surface area contributed by atoms with Gasteiger partial charge in [0.1, 0.15) is 6.04 Å². The van der Waals surface area contributed by atoms with E-state index in [4.69, 9.17) is 0 Å². The van der Waals surface area contributed by atoms with Crippen molar-refractivity contribution >= 4 is 11.9 Å². The summed E-state index contributed by atoms with van der Waals surface area (Å²) in [4.78, 5) is 24.1. The van der Waals surface area contributed by atoms with Crippen LogP contribution >= 0.6 is 0 Å². The lowest BCUT2D eigenvalue weighted by molar-refractivity contribution is -0.139. The summed E-state index contributed by atoms with van der Waals surface area (Å²) in [6.07, 6.45) is 0.252. The lowest BCUT2D eigenvalue weighted by atomic mass is 9.86. The summed E-state index contributed by atoms with van der Waals surface area (Å²) in [5, 5.41) is 12.1. The Hall–Kier alpha value is -2.62. The molecule has 2 aromatic rings. The summed E-state index contributed by atoms with van der Waals surface area (Å²) in [5.41, 5.74) is 4.74. The van der Waals surface area contributed by atoms with Crippen molar-refractivity contribution in [2.75, 3.05) is 0 Å². The molecule has 4 heteroatoms. The summed E-state index contributed by atoms with van der Waals surface area (Å²) in [6, 6.07) is 12.2. The van der Waals surface area contributed by atoms with Crippen LogP contribution in [0.3, 0.4) is 0 Å². The van der Waals surface area contributed by atoms with E-state index in [1.807, 2.05) is 44.2 Å². The van der Waals surface area contributed by atoms with Crippen molar-refractivity contribution in [1.82, 2.24) is 5.32 Å². The van der Waals surface area contributed by atoms with E-state index in [0.29, 0.717) is 5.56 Å². The maximum atomic E-state index is 12.5. The molecule has 0 aromatic heterocycles. The van der Waals surface area contributed by atoms with Crippen LogP contribution in [0.2, 0.25) is 0 Å². The normalized spacial score (nSPS) is 12.5. The van der Waals surface area contributed by atoms with Crippen LogP contribution in [0.1, 0.15) is 53.4 Å². The maximum absolute atomic E-state index is 12.5. The van der Waals surface area contributed by atoms with Gasteiger partial charge in [0.2, 0.25) is 0 Å². The molecule has 1 amide bonds. The van der Waals surface area contributed by atoms with Crippen molar-refractivity contribution in [2.24, 2.45) is 0 Å². The van der Waals surface area contributed by atoms with Gasteiger partial charge in [0, 0.05) is 12.0 Å². The summed E-state index contributed by atoms with van der Waals surface area (Å²) < 4.78 is 0. The zero-order valence-electron chi connectivity index (χ0n) is 16.1. The number of benzene rings is 2. The summed E-state index contributed by atoms with van der Waals surface area (Å²) in [5.74, 6) is -1.41. The minimum Gasteiger partial charge on any atom is -0.480 e. The van der Waals surface area contributed by atoms with Gasteiger partial charge >= 0.3 is 5.97 Å². The standard InChI is InChI=1S/C22H27NO3/c1-14-6-7-16(12-15(14)2)13-19(21(25)26)23-20(24)17-8-10-18(11-9-17)22(3,4)5/h6-12,19H,13H2,1-5H3,(H,23,24)(H,25,26)/t19-/m1/s1. The number of carboxylic acids is 1. The molecule has 0 aliphatic carbocycles. The Kier molecular flexibility index (Phi) is 5.86. The SMILES string of the molecule is Cc1ccc(C[C@@H](NC(=O)c2ccc(C(C)(C)C)cc2)C(=O)O)cc1C. The predicted octanol–water partition coefficient (Wildman–Crippen LogP) is 4.03. The molecule has 0 saturated carbocycles. The maximum Gasteiger partial charge on any atom is 0.326 e. The van der Waals surface area contributed by atoms with E-state index in [-0.39, 0.29) is 17.7 Å². The predicted molar refractivity (Wildman–Crippen MR) is 104 cm³/mol. The molecule has 0 heterocycles. The van der Waals surface area contributed by atoms with Crippen molar-refractivity contribution in [1.29, 1.82) is 0 Å². The first-order chi connectivity index (χ1) is 12.1. The molecule has 0 fully saturated rings. The van der Waals surface area contributed by atoms with E-state index >= 15 is 0 Å². The van der Waals surface area contributed by atoms with Crippen molar-refractivity contribution in [2.45, 2.75) is 52.5 Å². The molecule has 2 rings (SSSR count). The lowest BCUT2D eigenvalue weighted by Crippen LogP contribution is -2.42. The Balaban J connectivity index is 2.12. The third kappa shape index (κ3) is 4.94. The topological polar surface area (TPSA) is 66.4 Å². The second-order valence-corrected chi connectivity index (χ2v) is 7.81. The number of carboxylic acid groups (broad SMARTS) is 1. The van der Waals surface area contributed by atoms with Gasteiger partial charge in [0.05, 0.1) is 0 Å². The van der Waals surface area contributed by atoms with Crippen LogP contribution in [0.15, 0.2) is 42.5 Å². The van der Waals surface area contributed by atoms with Crippen molar-refractivity contribution in [3.8, 4) is 0 Å². The van der Waals surface area contributed by atoms with Crippen LogP contribution in [-0.2, 0) is 16.6 Å². The van der Waals surface area contributed by atoms with E-state index in [9.17, 15) is 14.7 Å². The lowest BCUT2D eigenvalue weighted by Gasteiger charge is -2.19. The van der Waals surface area contributed by atoms with E-state index in [1.165, 1.54) is 0 Å². The molecular formula is C22H27NO3. The van der Waals surface area contributed by atoms with Gasteiger partial charge in [0.15, 0.2) is 0 Å². The number of aryl methyl sites for hydroxylation is 2. The number of rotatable bonds is 5. The second kappa shape index (κ2) is 7.73. The highest BCUT2D eigenvalue weighted by molar-refractivity contribution is 5.96. The molecule has 1 atom stereocenters. The first kappa shape index (κ1) is 19.7. The third-order valence-corrected chi connectivity index (χ3v) is 4.63. The molecule has 0 radical (unpaired) electrons. The van der Waals surface area contributed by atoms with Crippen LogP contribution in [0, 0.1) is 13.8 Å². The van der Waals surface area contributed by atoms with Crippen molar-refractivity contribution in [3.63, 3.8) is 0 Å². The van der Waals surface area contributed by atoms with Crippen LogP contribution in [0.25, 0.3) is 0 Å². The van der Waals surface area contributed by atoms with Crippen molar-refractivity contribution < 1.29 is 14.7 Å². The van der Waals surface area contributed by atoms with Gasteiger partial charge in [-0.15, -0.1) is 0 Å². The summed E-state index contributed by atoms with van der Waals surface area (Å²) in [6.45, 7) is 10.3. The first-order valence-corrected chi connectivity index (χ1v) is 8.78. The number of nitrogens with one attached hydrogen (secondary N) is 1. The highest BCUT2D eigenvalue weighted by atomic mass is 16.4. The summed E-state index contributed by atoms with van der Waals surface area (Å²) in [7, 11) is 0. The molecule has 2 N–H and O–H groups in total. The molecular weight excluding hydrogens is 326 g/mol. The van der Waals surface area contributed by atoms with Crippen LogP contribution in [0.5, 0.6) is 0 Å². The number of aliphatic carboxylic acids is 1. The molecule has 0 spiro atoms. The van der Waals surface area contributed by atoms with Gasteiger partial charge in [-0.3, -0.25) is 4.79 Å². The fraction of sp³-hybridized carbons (Fsp3) is 0.364.